The van der Waals surface area contributed by atoms with Crippen molar-refractivity contribution in [1.29, 1.82) is 0 Å². The first-order chi connectivity index (χ1) is 10.1. The van der Waals surface area contributed by atoms with E-state index >= 15 is 0 Å². The molecular weight excluding hydrogens is 266 g/mol. The van der Waals surface area contributed by atoms with Crippen LogP contribution in [0.4, 0.5) is 5.82 Å². The van der Waals surface area contributed by atoms with Crippen LogP contribution in [0.3, 0.4) is 0 Å². The maximum atomic E-state index is 12.1. The number of rotatable bonds is 4. The molecule has 0 amide bonds. The Morgan fingerprint density at radius 1 is 1.24 bits per heavy atom. The van der Waals surface area contributed by atoms with Gasteiger partial charge in [-0.1, -0.05) is 30.3 Å². The number of hydrogen-bond acceptors (Lipinski definition) is 3. The molecule has 1 aliphatic carbocycles. The van der Waals surface area contributed by atoms with Crippen molar-refractivity contribution >= 4 is 5.82 Å². The lowest BCUT2D eigenvalue weighted by Crippen LogP contribution is -2.40. The maximum Gasteiger partial charge on any atom is 0.330 e. The van der Waals surface area contributed by atoms with E-state index in [0.717, 1.165) is 24.8 Å². The molecule has 1 aliphatic rings. The normalized spacial score (nSPS) is 16.2. The lowest BCUT2D eigenvalue weighted by Gasteiger charge is -2.26. The molecule has 5 nitrogen and oxygen atoms in total. The van der Waals surface area contributed by atoms with Gasteiger partial charge < -0.3 is 5.32 Å². The minimum Gasteiger partial charge on any atom is -0.365 e. The van der Waals surface area contributed by atoms with Crippen molar-refractivity contribution < 1.29 is 0 Å². The fraction of sp³-hybridized carbons (Fsp3) is 0.375. The first-order valence-electron chi connectivity index (χ1n) is 7.32. The summed E-state index contributed by atoms with van der Waals surface area (Å²) in [6, 6.07) is 11.5. The van der Waals surface area contributed by atoms with Gasteiger partial charge in [-0.2, -0.15) is 0 Å². The maximum absolute atomic E-state index is 12.1. The minimum absolute atomic E-state index is 0.0146. The summed E-state index contributed by atoms with van der Waals surface area (Å²) < 4.78 is 1.34. The fourth-order valence-corrected chi connectivity index (χ4v) is 2.63. The van der Waals surface area contributed by atoms with Crippen LogP contribution in [0.1, 0.15) is 43.8 Å². The molecule has 1 fully saturated rings. The van der Waals surface area contributed by atoms with Crippen molar-refractivity contribution in [1.82, 2.24) is 9.55 Å². The molecule has 1 aromatic carbocycles. The molecule has 1 saturated carbocycles. The Morgan fingerprint density at radius 2 is 1.95 bits per heavy atom. The van der Waals surface area contributed by atoms with E-state index in [9.17, 15) is 9.59 Å². The molecule has 5 heteroatoms. The van der Waals surface area contributed by atoms with Gasteiger partial charge >= 0.3 is 5.69 Å². The number of anilines is 1. The van der Waals surface area contributed by atoms with E-state index in [2.05, 4.69) is 10.3 Å². The van der Waals surface area contributed by atoms with E-state index in [1.165, 1.54) is 10.6 Å². The third kappa shape index (κ3) is 2.77. The number of H-pyrrole nitrogens is 1. The van der Waals surface area contributed by atoms with Crippen molar-refractivity contribution in [2.75, 3.05) is 5.32 Å². The predicted molar refractivity (Wildman–Crippen MR) is 82.7 cm³/mol. The van der Waals surface area contributed by atoms with Gasteiger partial charge in [0.1, 0.15) is 5.82 Å². The monoisotopic (exact) mass is 285 g/mol. The van der Waals surface area contributed by atoms with Crippen LogP contribution < -0.4 is 16.6 Å². The number of benzene rings is 1. The van der Waals surface area contributed by atoms with E-state index in [4.69, 9.17) is 0 Å². The zero-order chi connectivity index (χ0) is 14.8. The topological polar surface area (TPSA) is 66.9 Å². The van der Waals surface area contributed by atoms with Crippen molar-refractivity contribution in [3.05, 3.63) is 62.8 Å². The molecule has 0 spiro atoms. The van der Waals surface area contributed by atoms with E-state index in [-0.39, 0.29) is 23.3 Å². The number of aromatic amines is 1. The molecule has 0 bridgehead atoms. The number of hydrogen-bond donors (Lipinski definition) is 2. The van der Waals surface area contributed by atoms with Gasteiger partial charge in [-0.15, -0.1) is 0 Å². The largest absolute Gasteiger partial charge is 0.365 e. The van der Waals surface area contributed by atoms with Crippen LogP contribution in [0.15, 0.2) is 46.0 Å². The van der Waals surface area contributed by atoms with Gasteiger partial charge in [0.05, 0.1) is 0 Å². The Balaban J connectivity index is 1.84. The van der Waals surface area contributed by atoms with Crippen LogP contribution in [0.25, 0.3) is 0 Å². The predicted octanol–water partition coefficient (Wildman–Crippen LogP) is 2.43. The highest BCUT2D eigenvalue weighted by atomic mass is 16.2. The Morgan fingerprint density at radius 3 is 2.52 bits per heavy atom. The second kappa shape index (κ2) is 5.60. The van der Waals surface area contributed by atoms with E-state index in [0.29, 0.717) is 5.82 Å². The molecule has 110 valence electrons. The molecule has 2 N–H and O–H groups in total. The third-order valence-corrected chi connectivity index (χ3v) is 4.08. The van der Waals surface area contributed by atoms with E-state index in [1.54, 1.807) is 0 Å². The second-order valence-electron chi connectivity index (χ2n) is 5.56. The molecule has 0 aliphatic heterocycles. The zero-order valence-corrected chi connectivity index (χ0v) is 12.0. The van der Waals surface area contributed by atoms with Gasteiger partial charge in [-0.3, -0.25) is 14.3 Å². The average molecular weight is 285 g/mol. The number of aromatic nitrogens is 2. The van der Waals surface area contributed by atoms with Crippen molar-refractivity contribution in [2.24, 2.45) is 0 Å². The SMILES string of the molecule is C[C@H](Nc1cc(=O)n(C2CCC2)c(=O)[nH]1)c1ccccc1. The van der Waals surface area contributed by atoms with Crippen molar-refractivity contribution in [3.63, 3.8) is 0 Å². The Kier molecular flexibility index (Phi) is 3.64. The summed E-state index contributed by atoms with van der Waals surface area (Å²) in [6.07, 6.45) is 2.91. The molecule has 21 heavy (non-hydrogen) atoms. The van der Waals surface area contributed by atoms with Gasteiger partial charge in [-0.05, 0) is 31.7 Å². The first kappa shape index (κ1) is 13.7. The standard InChI is InChI=1S/C16H19N3O2/c1-11(12-6-3-2-4-7-12)17-14-10-15(20)19(16(21)18-14)13-8-5-9-13/h2-4,6-7,10-11,13,17H,5,8-9H2,1H3,(H,18,21)/t11-/m0/s1. The lowest BCUT2D eigenvalue weighted by molar-refractivity contribution is 0.296. The fourth-order valence-electron chi connectivity index (χ4n) is 2.63. The van der Waals surface area contributed by atoms with Gasteiger partial charge in [-0.25, -0.2) is 4.79 Å². The summed E-state index contributed by atoms with van der Waals surface area (Å²) in [6.45, 7) is 1.99. The van der Waals surface area contributed by atoms with Gasteiger partial charge in [0.2, 0.25) is 0 Å². The number of nitrogens with one attached hydrogen (secondary N) is 2. The van der Waals surface area contributed by atoms with Crippen molar-refractivity contribution in [2.45, 2.75) is 38.3 Å². The molecule has 1 aromatic heterocycles. The van der Waals surface area contributed by atoms with E-state index < -0.39 is 0 Å². The molecule has 0 radical (unpaired) electrons. The van der Waals surface area contributed by atoms with Crippen LogP contribution >= 0.6 is 0 Å². The van der Waals surface area contributed by atoms with Gasteiger partial charge in [0.15, 0.2) is 0 Å². The highest BCUT2D eigenvalue weighted by molar-refractivity contribution is 5.36. The molecule has 1 atom stereocenters. The Labute approximate surface area is 122 Å². The van der Waals surface area contributed by atoms with Crippen LogP contribution in [-0.4, -0.2) is 9.55 Å². The second-order valence-corrected chi connectivity index (χ2v) is 5.56. The number of nitrogens with zero attached hydrogens (tertiary/aromatic N) is 1. The molecule has 0 unspecified atom stereocenters. The van der Waals surface area contributed by atoms with Crippen LogP contribution in [0.5, 0.6) is 0 Å². The summed E-state index contributed by atoms with van der Waals surface area (Å²) in [5.41, 5.74) is 0.544. The first-order valence-corrected chi connectivity index (χ1v) is 7.32. The molecular formula is C16H19N3O2. The summed E-state index contributed by atoms with van der Waals surface area (Å²) >= 11 is 0. The zero-order valence-electron chi connectivity index (χ0n) is 12.0. The summed E-state index contributed by atoms with van der Waals surface area (Å²) in [5, 5.41) is 3.17. The summed E-state index contributed by atoms with van der Waals surface area (Å²) in [4.78, 5) is 27.0. The Bertz CT molecular complexity index is 698. The lowest BCUT2D eigenvalue weighted by atomic mass is 9.93. The molecule has 1 heterocycles. The highest BCUT2D eigenvalue weighted by Gasteiger charge is 2.22. The van der Waals surface area contributed by atoms with Crippen LogP contribution in [-0.2, 0) is 0 Å². The summed E-state index contributed by atoms with van der Waals surface area (Å²) in [7, 11) is 0. The van der Waals surface area contributed by atoms with E-state index in [1.807, 2.05) is 37.3 Å². The smallest absolute Gasteiger partial charge is 0.330 e. The minimum atomic E-state index is -0.324. The molecule has 0 saturated heterocycles. The average Bonchev–Trinajstić information content (AvgIpc) is 2.41. The molecule has 3 rings (SSSR count). The van der Waals surface area contributed by atoms with Gasteiger partial charge in [0, 0.05) is 18.2 Å². The quantitative estimate of drug-likeness (QED) is 0.906. The van der Waals surface area contributed by atoms with Crippen LogP contribution in [0, 0.1) is 0 Å². The Hall–Kier alpha value is -2.30. The van der Waals surface area contributed by atoms with Crippen molar-refractivity contribution in [3.8, 4) is 0 Å². The third-order valence-electron chi connectivity index (χ3n) is 4.08. The molecule has 2 aromatic rings. The highest BCUT2D eigenvalue weighted by Crippen LogP contribution is 2.28. The summed E-state index contributed by atoms with van der Waals surface area (Å²) in [5.74, 6) is 0.469. The van der Waals surface area contributed by atoms with Crippen LogP contribution in [0.2, 0.25) is 0 Å². The van der Waals surface area contributed by atoms with Gasteiger partial charge in [0.25, 0.3) is 5.56 Å².